The third-order valence-electron chi connectivity index (χ3n) is 6.38. The summed E-state index contributed by atoms with van der Waals surface area (Å²) < 4.78 is 5.33. The Hall–Kier alpha value is -0.650. The largest absolute Gasteiger partial charge is 0.390 e. The SMILES string of the molecule is CO[C@H]1C[C@@H](C(=O)N2C[C@@H]3[C@H](C2)[C@@H]2CC[C@H]3N2)CC[C@H]1O. The smallest absolute Gasteiger partial charge is 0.225 e. The molecule has 1 amide bonds. The minimum absolute atomic E-state index is 0.0442. The molecule has 0 aromatic rings. The summed E-state index contributed by atoms with van der Waals surface area (Å²) in [7, 11) is 1.63. The Kier molecular flexibility index (Phi) is 3.47. The van der Waals surface area contributed by atoms with Crippen LogP contribution >= 0.6 is 0 Å². The van der Waals surface area contributed by atoms with Crippen LogP contribution in [0.2, 0.25) is 0 Å². The van der Waals surface area contributed by atoms with E-state index in [-0.39, 0.29) is 12.0 Å². The number of rotatable bonds is 2. The summed E-state index contributed by atoms with van der Waals surface area (Å²) in [5.74, 6) is 1.71. The van der Waals surface area contributed by atoms with Gasteiger partial charge in [-0.15, -0.1) is 0 Å². The van der Waals surface area contributed by atoms with Crippen molar-refractivity contribution in [1.29, 1.82) is 0 Å². The third kappa shape index (κ3) is 2.21. The summed E-state index contributed by atoms with van der Waals surface area (Å²) in [6.07, 6.45) is 4.15. The highest BCUT2D eigenvalue weighted by Gasteiger charge is 2.52. The maximum absolute atomic E-state index is 12.8. The van der Waals surface area contributed by atoms with Gasteiger partial charge >= 0.3 is 0 Å². The van der Waals surface area contributed by atoms with E-state index in [9.17, 15) is 9.90 Å². The Morgan fingerprint density at radius 2 is 1.81 bits per heavy atom. The molecule has 0 aromatic carbocycles. The van der Waals surface area contributed by atoms with E-state index in [1.165, 1.54) is 12.8 Å². The van der Waals surface area contributed by atoms with Crippen LogP contribution in [0.1, 0.15) is 32.1 Å². The number of amides is 1. The molecule has 0 radical (unpaired) electrons. The summed E-state index contributed by atoms with van der Waals surface area (Å²) in [5.41, 5.74) is 0. The number of carbonyl (C=O) groups is 1. The number of aliphatic hydroxyl groups is 1. The lowest BCUT2D eigenvalue weighted by molar-refractivity contribution is -0.140. The molecule has 3 aliphatic heterocycles. The number of carbonyl (C=O) groups excluding carboxylic acids is 1. The van der Waals surface area contributed by atoms with Crippen LogP contribution in [0.3, 0.4) is 0 Å². The molecule has 3 saturated heterocycles. The summed E-state index contributed by atoms with van der Waals surface area (Å²) in [6, 6.07) is 1.30. The van der Waals surface area contributed by atoms with E-state index >= 15 is 0 Å². The first-order valence-corrected chi connectivity index (χ1v) is 8.43. The second-order valence-electron chi connectivity index (χ2n) is 7.38. The lowest BCUT2D eigenvalue weighted by atomic mass is 9.82. The Labute approximate surface area is 126 Å². The molecule has 7 atom stereocenters. The second kappa shape index (κ2) is 5.21. The first-order chi connectivity index (χ1) is 10.2. The van der Waals surface area contributed by atoms with Crippen LogP contribution in [-0.4, -0.2) is 60.4 Å². The fourth-order valence-corrected chi connectivity index (χ4v) is 5.21. The van der Waals surface area contributed by atoms with Crippen molar-refractivity contribution in [1.82, 2.24) is 10.2 Å². The maximum atomic E-state index is 12.8. The van der Waals surface area contributed by atoms with Gasteiger partial charge in [0, 0.05) is 38.2 Å². The van der Waals surface area contributed by atoms with E-state index in [0.29, 0.717) is 42.7 Å². The van der Waals surface area contributed by atoms with Gasteiger partial charge in [0.2, 0.25) is 5.91 Å². The number of likely N-dealkylation sites (tertiary alicyclic amines) is 1. The van der Waals surface area contributed by atoms with E-state index in [1.54, 1.807) is 7.11 Å². The molecule has 1 saturated carbocycles. The van der Waals surface area contributed by atoms with Gasteiger partial charge in [-0.05, 0) is 43.9 Å². The van der Waals surface area contributed by atoms with Gasteiger partial charge in [-0.3, -0.25) is 4.79 Å². The Bertz CT molecular complexity index is 412. The molecule has 4 rings (SSSR count). The molecule has 2 N–H and O–H groups in total. The molecule has 0 aromatic heterocycles. The molecular formula is C16H26N2O3. The first-order valence-electron chi connectivity index (χ1n) is 8.43. The van der Waals surface area contributed by atoms with Gasteiger partial charge in [-0.25, -0.2) is 0 Å². The van der Waals surface area contributed by atoms with Crippen LogP contribution in [0.25, 0.3) is 0 Å². The van der Waals surface area contributed by atoms with E-state index in [2.05, 4.69) is 10.2 Å². The van der Waals surface area contributed by atoms with Crippen LogP contribution in [0.5, 0.6) is 0 Å². The lowest BCUT2D eigenvalue weighted by Gasteiger charge is -2.33. The number of hydrogen-bond acceptors (Lipinski definition) is 4. The van der Waals surface area contributed by atoms with E-state index in [4.69, 9.17) is 4.74 Å². The molecule has 3 heterocycles. The highest BCUT2D eigenvalue weighted by molar-refractivity contribution is 5.79. The molecule has 4 fully saturated rings. The Morgan fingerprint density at radius 1 is 1.14 bits per heavy atom. The van der Waals surface area contributed by atoms with Gasteiger partial charge in [0.25, 0.3) is 0 Å². The fraction of sp³-hybridized carbons (Fsp3) is 0.938. The molecular weight excluding hydrogens is 268 g/mol. The Balaban J connectivity index is 1.40. The zero-order valence-corrected chi connectivity index (χ0v) is 12.7. The monoisotopic (exact) mass is 294 g/mol. The molecule has 5 heteroatoms. The van der Waals surface area contributed by atoms with Crippen molar-refractivity contribution >= 4 is 5.91 Å². The lowest BCUT2D eigenvalue weighted by Crippen LogP contribution is -2.43. The minimum atomic E-state index is -0.406. The topological polar surface area (TPSA) is 61.8 Å². The number of fused-ring (bicyclic) bond motifs is 5. The number of ether oxygens (including phenoxy) is 1. The van der Waals surface area contributed by atoms with Crippen molar-refractivity contribution in [2.45, 2.75) is 56.4 Å². The zero-order valence-electron chi connectivity index (χ0n) is 12.7. The molecule has 4 aliphatic rings. The van der Waals surface area contributed by atoms with Crippen molar-refractivity contribution in [3.05, 3.63) is 0 Å². The number of nitrogens with zero attached hydrogens (tertiary/aromatic N) is 1. The van der Waals surface area contributed by atoms with Crippen molar-refractivity contribution in [3.8, 4) is 0 Å². The molecule has 118 valence electrons. The highest BCUT2D eigenvalue weighted by Crippen LogP contribution is 2.43. The molecule has 21 heavy (non-hydrogen) atoms. The number of hydrogen-bond donors (Lipinski definition) is 2. The molecule has 0 unspecified atom stereocenters. The van der Waals surface area contributed by atoms with E-state index in [1.807, 2.05) is 0 Å². The average molecular weight is 294 g/mol. The van der Waals surface area contributed by atoms with Crippen molar-refractivity contribution in [3.63, 3.8) is 0 Å². The van der Waals surface area contributed by atoms with Crippen molar-refractivity contribution < 1.29 is 14.6 Å². The fourth-order valence-electron chi connectivity index (χ4n) is 5.21. The van der Waals surface area contributed by atoms with Crippen molar-refractivity contribution in [2.24, 2.45) is 17.8 Å². The zero-order chi connectivity index (χ0) is 14.6. The van der Waals surface area contributed by atoms with Gasteiger partial charge in [0.15, 0.2) is 0 Å². The average Bonchev–Trinajstić information content (AvgIpc) is 3.19. The van der Waals surface area contributed by atoms with Gasteiger partial charge < -0.3 is 20.1 Å². The maximum Gasteiger partial charge on any atom is 0.225 e. The van der Waals surface area contributed by atoms with Gasteiger partial charge in [-0.2, -0.15) is 0 Å². The summed E-state index contributed by atoms with van der Waals surface area (Å²) in [6.45, 7) is 1.88. The quantitative estimate of drug-likeness (QED) is 0.772. The summed E-state index contributed by atoms with van der Waals surface area (Å²) in [4.78, 5) is 14.9. The van der Waals surface area contributed by atoms with Crippen LogP contribution in [0.4, 0.5) is 0 Å². The molecule has 2 bridgehead atoms. The molecule has 0 spiro atoms. The number of nitrogens with one attached hydrogen (secondary N) is 1. The summed E-state index contributed by atoms with van der Waals surface area (Å²) >= 11 is 0. The predicted octanol–water partition coefficient (Wildman–Crippen LogP) is 0.371. The number of aliphatic hydroxyl groups excluding tert-OH is 1. The van der Waals surface area contributed by atoms with E-state index < -0.39 is 6.10 Å². The van der Waals surface area contributed by atoms with Crippen LogP contribution in [-0.2, 0) is 9.53 Å². The van der Waals surface area contributed by atoms with Gasteiger partial charge in [0.05, 0.1) is 12.2 Å². The van der Waals surface area contributed by atoms with Crippen LogP contribution in [0.15, 0.2) is 0 Å². The standard InChI is InChI=1S/C16H26N2O3/c1-21-15-6-9(2-5-14(15)19)16(20)18-7-10-11(8-18)13-4-3-12(10)17-13/h9-15,17,19H,2-8H2,1H3/t9-,10-,11+,12-,13+,14+,15-/m0/s1. The Morgan fingerprint density at radius 3 is 2.43 bits per heavy atom. The first kappa shape index (κ1) is 14.0. The van der Waals surface area contributed by atoms with Gasteiger partial charge in [-0.1, -0.05) is 0 Å². The third-order valence-corrected chi connectivity index (χ3v) is 6.38. The second-order valence-corrected chi connectivity index (χ2v) is 7.38. The molecule has 1 aliphatic carbocycles. The summed E-state index contributed by atoms with van der Waals surface area (Å²) in [5, 5.41) is 13.6. The van der Waals surface area contributed by atoms with Crippen LogP contribution < -0.4 is 5.32 Å². The predicted molar refractivity (Wildman–Crippen MR) is 77.7 cm³/mol. The normalized spacial score (nSPS) is 48.7. The van der Waals surface area contributed by atoms with E-state index in [0.717, 1.165) is 19.5 Å². The van der Waals surface area contributed by atoms with Gasteiger partial charge in [0.1, 0.15) is 0 Å². The van der Waals surface area contributed by atoms with Crippen molar-refractivity contribution in [2.75, 3.05) is 20.2 Å². The van der Waals surface area contributed by atoms with Crippen LogP contribution in [0, 0.1) is 17.8 Å². The minimum Gasteiger partial charge on any atom is -0.390 e. The highest BCUT2D eigenvalue weighted by atomic mass is 16.5. The number of methoxy groups -OCH3 is 1. The molecule has 5 nitrogen and oxygen atoms in total.